The average molecular weight is 319 g/mol. The van der Waals surface area contributed by atoms with Crippen LogP contribution in [0.25, 0.3) is 17.7 Å². The van der Waals surface area contributed by atoms with Gasteiger partial charge in [0.2, 0.25) is 5.91 Å². The minimum Gasteiger partial charge on any atom is -0.351 e. The number of amides is 1. The van der Waals surface area contributed by atoms with E-state index in [1.807, 2.05) is 41.1 Å². The lowest BCUT2D eigenvalue weighted by atomic mass is 10.2. The van der Waals surface area contributed by atoms with E-state index < -0.39 is 0 Å². The molecule has 1 aromatic carbocycles. The van der Waals surface area contributed by atoms with Crippen LogP contribution in [0.1, 0.15) is 5.56 Å². The molecule has 0 saturated carbocycles. The van der Waals surface area contributed by atoms with Crippen molar-refractivity contribution in [2.24, 2.45) is 0 Å². The van der Waals surface area contributed by atoms with Crippen LogP contribution >= 0.6 is 0 Å². The normalized spacial score (nSPS) is 10.8. The molecule has 3 aromatic rings. The van der Waals surface area contributed by atoms with E-state index in [9.17, 15) is 4.79 Å². The zero-order valence-corrected chi connectivity index (χ0v) is 13.0. The van der Waals surface area contributed by atoms with Crippen molar-refractivity contribution in [3.63, 3.8) is 0 Å². The average Bonchev–Trinajstić information content (AvgIpc) is 3.10. The van der Waals surface area contributed by atoms with Gasteiger partial charge in [-0.2, -0.15) is 0 Å². The highest BCUT2D eigenvalue weighted by Gasteiger charge is 2.07. The number of hydrogen-bond acceptors (Lipinski definition) is 4. The maximum Gasteiger partial charge on any atom is 0.244 e. The number of benzene rings is 1. The number of nitrogens with zero attached hydrogens (tertiary/aromatic N) is 4. The van der Waals surface area contributed by atoms with Crippen molar-refractivity contribution >= 4 is 12.0 Å². The van der Waals surface area contributed by atoms with E-state index >= 15 is 0 Å². The van der Waals surface area contributed by atoms with Gasteiger partial charge >= 0.3 is 0 Å². The SMILES string of the molecule is O=C(/C=C/c1ccccc1)NCCn1ccnc1-c1ncccn1. The Morgan fingerprint density at radius 3 is 2.62 bits per heavy atom. The van der Waals surface area contributed by atoms with Gasteiger partial charge in [0, 0.05) is 44.0 Å². The van der Waals surface area contributed by atoms with Crippen molar-refractivity contribution in [3.8, 4) is 11.6 Å². The fourth-order valence-corrected chi connectivity index (χ4v) is 2.20. The van der Waals surface area contributed by atoms with Gasteiger partial charge in [-0.3, -0.25) is 4.79 Å². The van der Waals surface area contributed by atoms with Gasteiger partial charge in [-0.05, 0) is 17.7 Å². The van der Waals surface area contributed by atoms with Crippen LogP contribution in [-0.4, -0.2) is 32.0 Å². The molecule has 6 heteroatoms. The van der Waals surface area contributed by atoms with E-state index in [1.54, 1.807) is 30.7 Å². The van der Waals surface area contributed by atoms with Crippen LogP contribution < -0.4 is 5.32 Å². The third-order valence-corrected chi connectivity index (χ3v) is 3.36. The van der Waals surface area contributed by atoms with Crippen molar-refractivity contribution in [2.75, 3.05) is 6.54 Å². The monoisotopic (exact) mass is 319 g/mol. The summed E-state index contributed by atoms with van der Waals surface area (Å²) in [5, 5.41) is 2.85. The Labute approximate surface area is 139 Å². The van der Waals surface area contributed by atoms with Crippen LogP contribution in [0.2, 0.25) is 0 Å². The molecule has 0 atom stereocenters. The molecule has 2 aromatic heterocycles. The summed E-state index contributed by atoms with van der Waals surface area (Å²) in [5.74, 6) is 1.12. The molecule has 0 saturated heterocycles. The van der Waals surface area contributed by atoms with E-state index in [1.165, 1.54) is 6.08 Å². The predicted molar refractivity (Wildman–Crippen MR) is 91.7 cm³/mol. The quantitative estimate of drug-likeness (QED) is 0.707. The molecule has 0 fully saturated rings. The molecule has 0 unspecified atom stereocenters. The third-order valence-electron chi connectivity index (χ3n) is 3.36. The Morgan fingerprint density at radius 2 is 1.83 bits per heavy atom. The molecular weight excluding hydrogens is 302 g/mol. The number of imidazole rings is 1. The number of carbonyl (C=O) groups is 1. The maximum absolute atomic E-state index is 11.9. The standard InChI is InChI=1S/C18H17N5O/c24-16(8-7-15-5-2-1-3-6-15)19-11-13-23-14-12-22-18(23)17-20-9-4-10-21-17/h1-10,12,14H,11,13H2,(H,19,24)/b8-7+. The lowest BCUT2D eigenvalue weighted by Crippen LogP contribution is -2.25. The minimum absolute atomic E-state index is 0.128. The molecule has 3 rings (SSSR count). The summed E-state index contributed by atoms with van der Waals surface area (Å²) in [4.78, 5) is 24.5. The molecular formula is C18H17N5O. The van der Waals surface area contributed by atoms with Gasteiger partial charge in [-0.1, -0.05) is 30.3 Å². The van der Waals surface area contributed by atoms with Gasteiger partial charge in [-0.25, -0.2) is 15.0 Å². The summed E-state index contributed by atoms with van der Waals surface area (Å²) in [5.41, 5.74) is 0.991. The van der Waals surface area contributed by atoms with E-state index in [0.29, 0.717) is 24.7 Å². The van der Waals surface area contributed by atoms with E-state index in [2.05, 4.69) is 20.3 Å². The first-order valence-electron chi connectivity index (χ1n) is 7.62. The Balaban J connectivity index is 1.53. The highest BCUT2D eigenvalue weighted by Crippen LogP contribution is 2.10. The lowest BCUT2D eigenvalue weighted by Gasteiger charge is -2.07. The van der Waals surface area contributed by atoms with Gasteiger partial charge in [0.25, 0.3) is 0 Å². The molecule has 0 aliphatic rings. The summed E-state index contributed by atoms with van der Waals surface area (Å²) in [7, 11) is 0. The van der Waals surface area contributed by atoms with Crippen LogP contribution in [0.5, 0.6) is 0 Å². The maximum atomic E-state index is 11.9. The van der Waals surface area contributed by atoms with Crippen molar-refractivity contribution < 1.29 is 4.79 Å². The number of nitrogens with one attached hydrogen (secondary N) is 1. The van der Waals surface area contributed by atoms with Gasteiger partial charge in [-0.15, -0.1) is 0 Å². The first-order chi connectivity index (χ1) is 11.8. The zero-order chi connectivity index (χ0) is 16.6. The Bertz CT molecular complexity index is 812. The summed E-state index contributed by atoms with van der Waals surface area (Å²) in [6.07, 6.45) is 10.2. The molecule has 0 aliphatic carbocycles. The zero-order valence-electron chi connectivity index (χ0n) is 13.0. The molecule has 0 radical (unpaired) electrons. The topological polar surface area (TPSA) is 72.7 Å². The fraction of sp³-hybridized carbons (Fsp3) is 0.111. The lowest BCUT2D eigenvalue weighted by molar-refractivity contribution is -0.116. The molecule has 2 heterocycles. The molecule has 0 aliphatic heterocycles. The van der Waals surface area contributed by atoms with Crippen LogP contribution in [-0.2, 0) is 11.3 Å². The van der Waals surface area contributed by atoms with Crippen molar-refractivity contribution in [1.82, 2.24) is 24.8 Å². The smallest absolute Gasteiger partial charge is 0.244 e. The molecule has 1 N–H and O–H groups in total. The Kier molecular flexibility index (Phi) is 5.09. The highest BCUT2D eigenvalue weighted by atomic mass is 16.1. The second-order valence-electron chi connectivity index (χ2n) is 5.05. The number of rotatable bonds is 6. The second kappa shape index (κ2) is 7.82. The molecule has 0 bridgehead atoms. The van der Waals surface area contributed by atoms with Crippen LogP contribution in [0, 0.1) is 0 Å². The number of aromatic nitrogens is 4. The first kappa shape index (κ1) is 15.6. The van der Waals surface area contributed by atoms with Gasteiger partial charge in [0.1, 0.15) is 0 Å². The molecule has 1 amide bonds. The summed E-state index contributed by atoms with van der Waals surface area (Å²) in [6.45, 7) is 1.09. The highest BCUT2D eigenvalue weighted by molar-refractivity contribution is 5.91. The number of carbonyl (C=O) groups excluding carboxylic acids is 1. The minimum atomic E-state index is -0.128. The van der Waals surface area contributed by atoms with E-state index in [-0.39, 0.29) is 5.91 Å². The van der Waals surface area contributed by atoms with Crippen LogP contribution in [0.4, 0.5) is 0 Å². The van der Waals surface area contributed by atoms with E-state index in [0.717, 1.165) is 5.56 Å². The van der Waals surface area contributed by atoms with E-state index in [4.69, 9.17) is 0 Å². The van der Waals surface area contributed by atoms with Gasteiger partial charge in [0.15, 0.2) is 11.6 Å². The van der Waals surface area contributed by atoms with Gasteiger partial charge in [0.05, 0.1) is 0 Å². The largest absolute Gasteiger partial charge is 0.351 e. The number of hydrogen-bond donors (Lipinski definition) is 1. The van der Waals surface area contributed by atoms with Crippen molar-refractivity contribution in [1.29, 1.82) is 0 Å². The van der Waals surface area contributed by atoms with Gasteiger partial charge < -0.3 is 9.88 Å². The molecule has 120 valence electrons. The Hall–Kier alpha value is -3.28. The summed E-state index contributed by atoms with van der Waals surface area (Å²) in [6, 6.07) is 11.5. The first-order valence-corrected chi connectivity index (χ1v) is 7.62. The second-order valence-corrected chi connectivity index (χ2v) is 5.05. The molecule has 24 heavy (non-hydrogen) atoms. The predicted octanol–water partition coefficient (Wildman–Crippen LogP) is 2.17. The summed E-state index contributed by atoms with van der Waals surface area (Å²) < 4.78 is 1.91. The summed E-state index contributed by atoms with van der Waals surface area (Å²) >= 11 is 0. The molecule has 6 nitrogen and oxygen atoms in total. The van der Waals surface area contributed by atoms with Crippen molar-refractivity contribution in [3.05, 3.63) is 72.8 Å². The van der Waals surface area contributed by atoms with Crippen molar-refractivity contribution in [2.45, 2.75) is 6.54 Å². The Morgan fingerprint density at radius 1 is 1.04 bits per heavy atom. The van der Waals surface area contributed by atoms with Crippen LogP contribution in [0.3, 0.4) is 0 Å². The fourth-order valence-electron chi connectivity index (χ4n) is 2.20. The molecule has 0 spiro atoms. The third kappa shape index (κ3) is 4.13. The van der Waals surface area contributed by atoms with Crippen LogP contribution in [0.15, 0.2) is 67.3 Å².